The normalized spacial score (nSPS) is 13.1. The van der Waals surface area contributed by atoms with Crippen molar-refractivity contribution in [3.05, 3.63) is 33.2 Å². The Morgan fingerprint density at radius 2 is 2.38 bits per heavy atom. The van der Waals surface area contributed by atoms with E-state index in [2.05, 4.69) is 8.75 Å². The molecule has 0 bridgehead atoms. The van der Waals surface area contributed by atoms with Crippen molar-refractivity contribution in [3.63, 3.8) is 0 Å². The Kier molecular flexibility index (Phi) is 2.59. The lowest BCUT2D eigenvalue weighted by atomic mass is 10.2. The first-order valence-corrected chi connectivity index (χ1v) is 5.46. The van der Waals surface area contributed by atoms with Crippen molar-refractivity contribution in [2.45, 2.75) is 6.10 Å². The summed E-state index contributed by atoms with van der Waals surface area (Å²) in [6.07, 6.45) is 0.803. The molecule has 2 aromatic rings. The Balaban J connectivity index is 2.33. The van der Waals surface area contributed by atoms with Crippen LogP contribution in [0.15, 0.2) is 17.6 Å². The number of halogens is 1. The summed E-state index contributed by atoms with van der Waals surface area (Å²) in [4.78, 5) is 0.717. The second-order valence-corrected chi connectivity index (χ2v) is 4.28. The van der Waals surface area contributed by atoms with Crippen molar-refractivity contribution in [2.24, 2.45) is 0 Å². The fourth-order valence-electron chi connectivity index (χ4n) is 0.927. The summed E-state index contributed by atoms with van der Waals surface area (Å²) in [6.45, 7) is 0. The zero-order valence-corrected chi connectivity index (χ0v) is 8.73. The molecule has 0 spiro atoms. The Bertz CT molecular complexity index is 387. The molecule has 0 aromatic carbocycles. The number of hydrogen-bond acceptors (Lipinski definition) is 5. The van der Waals surface area contributed by atoms with Crippen LogP contribution in [-0.4, -0.2) is 13.9 Å². The van der Waals surface area contributed by atoms with E-state index in [-0.39, 0.29) is 0 Å². The number of aromatic nitrogens is 2. The fourth-order valence-corrected chi connectivity index (χ4v) is 2.53. The number of hydrogen-bond donors (Lipinski definition) is 1. The zero-order chi connectivity index (χ0) is 9.26. The molecule has 0 aliphatic heterocycles. The van der Waals surface area contributed by atoms with Crippen LogP contribution < -0.4 is 0 Å². The fraction of sp³-hybridized carbons (Fsp3) is 0.143. The molecule has 2 aromatic heterocycles. The summed E-state index contributed by atoms with van der Waals surface area (Å²) in [5, 5.41) is 12.2. The van der Waals surface area contributed by atoms with Gasteiger partial charge in [-0.2, -0.15) is 8.75 Å². The van der Waals surface area contributed by atoms with E-state index in [1.165, 1.54) is 11.3 Å². The molecule has 0 aliphatic carbocycles. The molecule has 2 rings (SSSR count). The quantitative estimate of drug-likeness (QED) is 0.865. The first-order valence-electron chi connectivity index (χ1n) is 3.47. The topological polar surface area (TPSA) is 46.0 Å². The third kappa shape index (κ3) is 1.73. The van der Waals surface area contributed by atoms with Gasteiger partial charge in [0.15, 0.2) is 0 Å². The van der Waals surface area contributed by atoms with Crippen LogP contribution in [0.3, 0.4) is 0 Å². The maximum absolute atomic E-state index is 9.78. The molecular formula is C7H5ClN2OS2. The van der Waals surface area contributed by atoms with Crippen LogP contribution in [0, 0.1) is 0 Å². The molecule has 1 unspecified atom stereocenters. The average Bonchev–Trinajstić information content (AvgIpc) is 2.72. The third-order valence-electron chi connectivity index (χ3n) is 1.55. The van der Waals surface area contributed by atoms with Gasteiger partial charge in [0.2, 0.25) is 0 Å². The maximum atomic E-state index is 9.78. The minimum Gasteiger partial charge on any atom is -0.381 e. The smallest absolute Gasteiger partial charge is 0.134 e. The Labute approximate surface area is 88.0 Å². The molecular weight excluding hydrogens is 228 g/mol. The van der Waals surface area contributed by atoms with Crippen molar-refractivity contribution in [3.8, 4) is 0 Å². The third-order valence-corrected chi connectivity index (χ3v) is 3.45. The lowest BCUT2D eigenvalue weighted by molar-refractivity contribution is 0.220. The van der Waals surface area contributed by atoms with E-state index < -0.39 is 6.10 Å². The molecule has 2 heterocycles. The Morgan fingerprint density at radius 3 is 2.92 bits per heavy atom. The molecule has 0 fully saturated rings. The van der Waals surface area contributed by atoms with Gasteiger partial charge >= 0.3 is 0 Å². The number of nitrogens with zero attached hydrogens (tertiary/aromatic N) is 2. The van der Waals surface area contributed by atoms with Crippen LogP contribution >= 0.6 is 34.7 Å². The molecule has 3 nitrogen and oxygen atoms in total. The van der Waals surface area contributed by atoms with Gasteiger partial charge in [-0.1, -0.05) is 11.6 Å². The Morgan fingerprint density at radius 1 is 1.54 bits per heavy atom. The first-order chi connectivity index (χ1) is 6.29. The molecule has 68 valence electrons. The van der Waals surface area contributed by atoms with E-state index in [1.807, 2.05) is 5.38 Å². The van der Waals surface area contributed by atoms with Gasteiger partial charge in [-0.25, -0.2) is 0 Å². The van der Waals surface area contributed by atoms with E-state index >= 15 is 0 Å². The predicted octanol–water partition coefficient (Wildman–Crippen LogP) is 2.33. The van der Waals surface area contributed by atoms with Crippen molar-refractivity contribution in [1.29, 1.82) is 0 Å². The highest BCUT2D eigenvalue weighted by Gasteiger charge is 2.17. The zero-order valence-electron chi connectivity index (χ0n) is 6.35. The van der Waals surface area contributed by atoms with Gasteiger partial charge in [0.1, 0.15) is 11.8 Å². The highest BCUT2D eigenvalue weighted by atomic mass is 35.5. The molecule has 0 saturated carbocycles. The second-order valence-electron chi connectivity index (χ2n) is 2.37. The standard InChI is InChI=1S/C7H5ClN2OS2/c8-4-1-2-12-7(4)6(11)5-3-9-13-10-5/h1-3,6,11H. The second kappa shape index (κ2) is 3.71. The van der Waals surface area contributed by atoms with Crippen LogP contribution in [-0.2, 0) is 0 Å². The molecule has 6 heteroatoms. The number of rotatable bonds is 2. The van der Waals surface area contributed by atoms with Gasteiger partial charge < -0.3 is 5.11 Å². The van der Waals surface area contributed by atoms with E-state index in [0.29, 0.717) is 10.7 Å². The minimum absolute atomic E-state index is 0.550. The lowest BCUT2D eigenvalue weighted by Crippen LogP contribution is -1.97. The van der Waals surface area contributed by atoms with Gasteiger partial charge in [-0.05, 0) is 11.4 Å². The lowest BCUT2D eigenvalue weighted by Gasteiger charge is -2.03. The molecule has 1 atom stereocenters. The number of aliphatic hydroxyl groups excluding tert-OH is 1. The summed E-state index contributed by atoms with van der Waals surface area (Å²) < 4.78 is 7.76. The Hall–Kier alpha value is -0.490. The van der Waals surface area contributed by atoms with Crippen molar-refractivity contribution in [1.82, 2.24) is 8.75 Å². The number of aliphatic hydroxyl groups is 1. The van der Waals surface area contributed by atoms with Gasteiger partial charge in [0.25, 0.3) is 0 Å². The minimum atomic E-state index is -0.744. The molecule has 0 aliphatic rings. The van der Waals surface area contributed by atoms with Gasteiger partial charge in [-0.3, -0.25) is 0 Å². The van der Waals surface area contributed by atoms with E-state index in [1.54, 1.807) is 12.3 Å². The van der Waals surface area contributed by atoms with E-state index in [4.69, 9.17) is 11.6 Å². The first kappa shape index (κ1) is 9.08. The van der Waals surface area contributed by atoms with Crippen LogP contribution in [0.25, 0.3) is 0 Å². The van der Waals surface area contributed by atoms with Crippen LogP contribution in [0.2, 0.25) is 5.02 Å². The molecule has 13 heavy (non-hydrogen) atoms. The number of thiophene rings is 1. The van der Waals surface area contributed by atoms with Crippen molar-refractivity contribution in [2.75, 3.05) is 0 Å². The molecule has 0 amide bonds. The van der Waals surface area contributed by atoms with Gasteiger partial charge in [0, 0.05) is 0 Å². The summed E-state index contributed by atoms with van der Waals surface area (Å²) in [7, 11) is 0. The van der Waals surface area contributed by atoms with Crippen LogP contribution in [0.5, 0.6) is 0 Å². The van der Waals surface area contributed by atoms with Crippen molar-refractivity contribution < 1.29 is 5.11 Å². The average molecular weight is 233 g/mol. The summed E-state index contributed by atoms with van der Waals surface area (Å²) >= 11 is 8.34. The van der Waals surface area contributed by atoms with E-state index in [9.17, 15) is 5.11 Å². The van der Waals surface area contributed by atoms with Gasteiger partial charge in [-0.15, -0.1) is 11.3 Å². The SMILES string of the molecule is OC(c1cnsn1)c1sccc1Cl. The molecule has 0 saturated heterocycles. The molecule has 1 N–H and O–H groups in total. The highest BCUT2D eigenvalue weighted by molar-refractivity contribution is 7.10. The summed E-state index contributed by atoms with van der Waals surface area (Å²) in [6, 6.07) is 1.75. The molecule has 0 radical (unpaired) electrons. The van der Waals surface area contributed by atoms with Crippen LogP contribution in [0.4, 0.5) is 0 Å². The van der Waals surface area contributed by atoms with E-state index in [0.717, 1.165) is 16.6 Å². The summed E-state index contributed by atoms with van der Waals surface area (Å²) in [5.41, 5.74) is 0.550. The van der Waals surface area contributed by atoms with Crippen LogP contribution in [0.1, 0.15) is 16.7 Å². The predicted molar refractivity (Wildman–Crippen MR) is 53.3 cm³/mol. The highest BCUT2D eigenvalue weighted by Crippen LogP contribution is 2.31. The monoisotopic (exact) mass is 232 g/mol. The van der Waals surface area contributed by atoms with Gasteiger partial charge in [0.05, 0.1) is 27.8 Å². The largest absolute Gasteiger partial charge is 0.381 e. The van der Waals surface area contributed by atoms with Crippen molar-refractivity contribution >= 4 is 34.7 Å². The maximum Gasteiger partial charge on any atom is 0.134 e. The summed E-state index contributed by atoms with van der Waals surface area (Å²) in [5.74, 6) is 0.